The minimum atomic E-state index is -0.0325. The van der Waals surface area contributed by atoms with Crippen molar-refractivity contribution in [3.05, 3.63) is 112 Å². The number of thiocarbonyl (C=S) groups is 1. The van der Waals surface area contributed by atoms with E-state index in [-0.39, 0.29) is 5.91 Å². The Labute approximate surface area is 208 Å². The van der Waals surface area contributed by atoms with E-state index in [1.165, 1.54) is 17.3 Å². The van der Waals surface area contributed by atoms with E-state index in [1.807, 2.05) is 60.7 Å². The van der Waals surface area contributed by atoms with Crippen LogP contribution in [0.3, 0.4) is 0 Å². The Morgan fingerprint density at radius 2 is 1.68 bits per heavy atom. The standard InChI is InChI=1S/C28H21N3OS2/c29-17-21-10-12-22(13-11-21)18-30-19-23(24-8-4-5-9-25(24)30)16-26-27(32)31(28(33)34-26)15-14-20-6-2-1-3-7-20/h1-13,16,19H,14-15,18H2/b26-16-. The third kappa shape index (κ3) is 4.54. The average molecular weight is 480 g/mol. The molecule has 1 fully saturated rings. The molecular formula is C28H21N3OS2. The number of thioether (sulfide) groups is 1. The maximum atomic E-state index is 13.2. The molecule has 6 heteroatoms. The Morgan fingerprint density at radius 3 is 2.44 bits per heavy atom. The highest BCUT2D eigenvalue weighted by Gasteiger charge is 2.31. The van der Waals surface area contributed by atoms with Gasteiger partial charge in [-0.3, -0.25) is 9.69 Å². The second kappa shape index (κ2) is 9.68. The monoisotopic (exact) mass is 479 g/mol. The molecule has 0 saturated carbocycles. The number of hydrogen-bond donors (Lipinski definition) is 0. The zero-order chi connectivity index (χ0) is 23.5. The number of carbonyl (C=O) groups excluding carboxylic acids is 1. The maximum Gasteiger partial charge on any atom is 0.266 e. The van der Waals surface area contributed by atoms with E-state index < -0.39 is 0 Å². The van der Waals surface area contributed by atoms with E-state index in [2.05, 4.69) is 41.1 Å². The van der Waals surface area contributed by atoms with Crippen molar-refractivity contribution < 1.29 is 4.79 Å². The van der Waals surface area contributed by atoms with Gasteiger partial charge in [-0.05, 0) is 41.8 Å². The van der Waals surface area contributed by atoms with Crippen molar-refractivity contribution >= 4 is 51.2 Å². The zero-order valence-electron chi connectivity index (χ0n) is 18.3. The summed E-state index contributed by atoms with van der Waals surface area (Å²) in [5.74, 6) is -0.0325. The van der Waals surface area contributed by atoms with E-state index in [0.717, 1.165) is 28.5 Å². The van der Waals surface area contributed by atoms with Crippen LogP contribution in [0.15, 0.2) is 90.0 Å². The van der Waals surface area contributed by atoms with Crippen molar-refractivity contribution in [2.24, 2.45) is 0 Å². The maximum absolute atomic E-state index is 13.2. The molecule has 166 valence electrons. The average Bonchev–Trinajstić information content (AvgIpc) is 3.35. The quantitative estimate of drug-likeness (QED) is 0.251. The van der Waals surface area contributed by atoms with Gasteiger partial charge < -0.3 is 4.57 Å². The molecule has 0 unspecified atom stereocenters. The summed E-state index contributed by atoms with van der Waals surface area (Å²) in [4.78, 5) is 15.5. The minimum Gasteiger partial charge on any atom is -0.342 e. The van der Waals surface area contributed by atoms with Crippen LogP contribution in [0.1, 0.15) is 22.3 Å². The number of nitrogens with zero attached hydrogens (tertiary/aromatic N) is 3. The van der Waals surface area contributed by atoms with Crippen LogP contribution < -0.4 is 0 Å². The van der Waals surface area contributed by atoms with Gasteiger partial charge in [-0.1, -0.05) is 84.6 Å². The van der Waals surface area contributed by atoms with Crippen LogP contribution in [0.2, 0.25) is 0 Å². The SMILES string of the molecule is N#Cc1ccc(Cn2cc(/C=C3\SC(=S)N(CCc4ccccc4)C3=O)c3ccccc32)cc1. The van der Waals surface area contributed by atoms with Crippen LogP contribution >= 0.6 is 24.0 Å². The zero-order valence-corrected chi connectivity index (χ0v) is 20.0. The molecule has 1 aromatic heterocycles. The molecule has 0 aliphatic carbocycles. The summed E-state index contributed by atoms with van der Waals surface area (Å²) in [7, 11) is 0. The predicted molar refractivity (Wildman–Crippen MR) is 142 cm³/mol. The lowest BCUT2D eigenvalue weighted by atomic mass is 10.1. The van der Waals surface area contributed by atoms with Crippen LogP contribution in [-0.4, -0.2) is 26.2 Å². The van der Waals surface area contributed by atoms with Crippen molar-refractivity contribution in [3.8, 4) is 6.07 Å². The van der Waals surface area contributed by atoms with Crippen LogP contribution in [0.25, 0.3) is 17.0 Å². The van der Waals surface area contributed by atoms with Gasteiger partial charge in [0.2, 0.25) is 0 Å². The first-order chi connectivity index (χ1) is 16.6. The number of para-hydroxylation sites is 1. The normalized spacial score (nSPS) is 14.8. The highest BCUT2D eigenvalue weighted by atomic mass is 32.2. The molecule has 0 atom stereocenters. The molecule has 0 radical (unpaired) electrons. The van der Waals surface area contributed by atoms with Crippen molar-refractivity contribution in [3.63, 3.8) is 0 Å². The Bertz CT molecular complexity index is 1450. The molecule has 4 aromatic rings. The predicted octanol–water partition coefficient (Wildman–Crippen LogP) is 6.01. The molecule has 4 nitrogen and oxygen atoms in total. The largest absolute Gasteiger partial charge is 0.342 e. The van der Waals surface area contributed by atoms with Gasteiger partial charge in [0, 0.05) is 35.8 Å². The Balaban J connectivity index is 1.40. The smallest absolute Gasteiger partial charge is 0.266 e. The summed E-state index contributed by atoms with van der Waals surface area (Å²) in [5.41, 5.74) is 5.03. The van der Waals surface area contributed by atoms with Gasteiger partial charge in [-0.25, -0.2) is 0 Å². The summed E-state index contributed by atoms with van der Waals surface area (Å²) in [6.45, 7) is 1.25. The van der Waals surface area contributed by atoms with E-state index in [1.54, 1.807) is 4.90 Å². The Morgan fingerprint density at radius 1 is 0.941 bits per heavy atom. The summed E-state index contributed by atoms with van der Waals surface area (Å²) < 4.78 is 2.78. The van der Waals surface area contributed by atoms with Gasteiger partial charge in [0.05, 0.1) is 16.5 Å². The molecule has 34 heavy (non-hydrogen) atoms. The topological polar surface area (TPSA) is 49.0 Å². The van der Waals surface area contributed by atoms with Gasteiger partial charge in [0.1, 0.15) is 4.32 Å². The van der Waals surface area contributed by atoms with Crippen molar-refractivity contribution in [2.45, 2.75) is 13.0 Å². The molecule has 1 aliphatic heterocycles. The van der Waals surface area contributed by atoms with Gasteiger partial charge in [0.15, 0.2) is 0 Å². The van der Waals surface area contributed by atoms with Crippen LogP contribution in [-0.2, 0) is 17.8 Å². The summed E-state index contributed by atoms with van der Waals surface area (Å²) >= 11 is 6.90. The molecule has 3 aromatic carbocycles. The number of fused-ring (bicyclic) bond motifs is 1. The third-order valence-corrected chi connectivity index (χ3v) is 7.26. The van der Waals surface area contributed by atoms with E-state index in [0.29, 0.717) is 27.9 Å². The molecule has 1 aliphatic rings. The van der Waals surface area contributed by atoms with Gasteiger partial charge in [-0.15, -0.1) is 0 Å². The highest BCUT2D eigenvalue weighted by Crippen LogP contribution is 2.34. The lowest BCUT2D eigenvalue weighted by Crippen LogP contribution is -2.30. The molecule has 0 spiro atoms. The highest BCUT2D eigenvalue weighted by molar-refractivity contribution is 8.26. The number of amides is 1. The van der Waals surface area contributed by atoms with Crippen LogP contribution in [0.5, 0.6) is 0 Å². The summed E-state index contributed by atoms with van der Waals surface area (Å²) in [6.07, 6.45) is 4.81. The van der Waals surface area contributed by atoms with Crippen molar-refractivity contribution in [1.29, 1.82) is 5.26 Å². The Hall–Kier alpha value is -3.66. The molecular weight excluding hydrogens is 458 g/mol. The lowest BCUT2D eigenvalue weighted by Gasteiger charge is -2.14. The fraction of sp³-hybridized carbons (Fsp3) is 0.107. The fourth-order valence-electron chi connectivity index (χ4n) is 4.12. The van der Waals surface area contributed by atoms with Gasteiger partial charge in [-0.2, -0.15) is 5.26 Å². The molecule has 0 N–H and O–H groups in total. The third-order valence-electron chi connectivity index (χ3n) is 5.88. The second-order valence-electron chi connectivity index (χ2n) is 8.11. The fourth-order valence-corrected chi connectivity index (χ4v) is 5.42. The molecule has 0 bridgehead atoms. The van der Waals surface area contributed by atoms with Crippen molar-refractivity contribution in [2.75, 3.05) is 6.54 Å². The first kappa shape index (κ1) is 22.1. The first-order valence-corrected chi connectivity index (χ1v) is 12.2. The minimum absolute atomic E-state index is 0.0325. The number of aromatic nitrogens is 1. The number of carbonyl (C=O) groups is 1. The number of benzene rings is 3. The molecule has 5 rings (SSSR count). The van der Waals surface area contributed by atoms with E-state index in [9.17, 15) is 4.79 Å². The van der Waals surface area contributed by atoms with E-state index >= 15 is 0 Å². The summed E-state index contributed by atoms with van der Waals surface area (Å²) in [5, 5.41) is 10.1. The van der Waals surface area contributed by atoms with E-state index in [4.69, 9.17) is 17.5 Å². The second-order valence-corrected chi connectivity index (χ2v) is 9.78. The van der Waals surface area contributed by atoms with Gasteiger partial charge in [0.25, 0.3) is 5.91 Å². The van der Waals surface area contributed by atoms with Crippen LogP contribution in [0.4, 0.5) is 0 Å². The number of hydrogen-bond acceptors (Lipinski definition) is 4. The Kier molecular flexibility index (Phi) is 6.31. The molecule has 2 heterocycles. The van der Waals surface area contributed by atoms with Crippen molar-refractivity contribution in [1.82, 2.24) is 9.47 Å². The lowest BCUT2D eigenvalue weighted by molar-refractivity contribution is -0.122. The number of rotatable bonds is 6. The summed E-state index contributed by atoms with van der Waals surface area (Å²) in [6, 6.07) is 28.1. The molecule has 1 amide bonds. The number of nitriles is 1. The first-order valence-electron chi connectivity index (χ1n) is 11.0. The molecule has 1 saturated heterocycles. The van der Waals surface area contributed by atoms with Gasteiger partial charge >= 0.3 is 0 Å². The van der Waals surface area contributed by atoms with Crippen LogP contribution in [0, 0.1) is 11.3 Å².